The molecule has 82 heavy (non-hydrogen) atoms. The highest BCUT2D eigenvalue weighted by Crippen LogP contribution is 2.41. The Kier molecular flexibility index (Phi) is 15.2. The van der Waals surface area contributed by atoms with Gasteiger partial charge in [-0.3, -0.25) is 15.3 Å². The molecule has 12 aromatic rings. The molecule has 22 heteroatoms. The molecule has 3 N–H and O–H groups in total. The lowest BCUT2D eigenvalue weighted by molar-refractivity contribution is 0.122. The Hall–Kier alpha value is -8.38. The summed E-state index contributed by atoms with van der Waals surface area (Å²) >= 11 is 4.88. The fourth-order valence-corrected chi connectivity index (χ4v) is 12.7. The van der Waals surface area contributed by atoms with Gasteiger partial charge < -0.3 is 29.1 Å². The van der Waals surface area contributed by atoms with E-state index in [0.717, 1.165) is 119 Å². The number of H-pyrrole nitrogens is 3. The van der Waals surface area contributed by atoms with Crippen LogP contribution in [0.15, 0.2) is 136 Å². The van der Waals surface area contributed by atoms with E-state index in [9.17, 15) is 13.2 Å². The van der Waals surface area contributed by atoms with Crippen molar-refractivity contribution in [1.82, 2.24) is 55.4 Å². The van der Waals surface area contributed by atoms with Crippen LogP contribution in [0.3, 0.4) is 0 Å². The summed E-state index contributed by atoms with van der Waals surface area (Å²) in [5, 5.41) is 36.8. The second-order valence-corrected chi connectivity index (χ2v) is 22.2. The van der Waals surface area contributed by atoms with Crippen LogP contribution in [0.4, 0.5) is 30.2 Å². The van der Waals surface area contributed by atoms with Crippen LogP contribution in [-0.4, -0.2) is 141 Å². The molecule has 3 fully saturated rings. The second kappa shape index (κ2) is 23.6. The molecule has 13 heterocycles. The Bertz CT molecular complexity index is 3960. The number of aromatic nitrogens is 10. The van der Waals surface area contributed by atoms with Crippen LogP contribution in [0.5, 0.6) is 0 Å². The number of hydrogen-bond donors (Lipinski definition) is 3. The molecule has 10 aromatic heterocycles. The largest absolute Gasteiger partial charge is 0.378 e. The number of halogens is 3. The van der Waals surface area contributed by atoms with Crippen molar-refractivity contribution in [3.05, 3.63) is 154 Å². The first-order valence-electron chi connectivity index (χ1n) is 26.7. The van der Waals surface area contributed by atoms with E-state index in [4.69, 9.17) is 9.47 Å². The molecule has 0 atom stereocenters. The number of benzene rings is 2. The molecule has 0 bridgehead atoms. The van der Waals surface area contributed by atoms with E-state index >= 15 is 0 Å². The van der Waals surface area contributed by atoms with Gasteiger partial charge in [0.1, 0.15) is 11.6 Å². The van der Waals surface area contributed by atoms with Gasteiger partial charge in [-0.2, -0.15) is 53.7 Å². The number of fused-ring (bicyclic) bond motifs is 3. The van der Waals surface area contributed by atoms with Crippen LogP contribution in [-0.2, 0) is 9.47 Å². The van der Waals surface area contributed by atoms with Crippen molar-refractivity contribution in [2.45, 2.75) is 0 Å². The molecule has 3 aliphatic rings. The third-order valence-electron chi connectivity index (χ3n) is 15.0. The van der Waals surface area contributed by atoms with Crippen molar-refractivity contribution in [2.75, 3.05) is 101 Å². The highest BCUT2D eigenvalue weighted by atomic mass is 32.1. The summed E-state index contributed by atoms with van der Waals surface area (Å²) in [6, 6.07) is 24.4. The van der Waals surface area contributed by atoms with Gasteiger partial charge >= 0.3 is 0 Å². The van der Waals surface area contributed by atoms with Crippen LogP contribution < -0.4 is 14.7 Å². The third kappa shape index (κ3) is 10.7. The lowest BCUT2D eigenvalue weighted by Gasteiger charge is -2.34. The number of pyridine rings is 4. The van der Waals surface area contributed by atoms with Crippen molar-refractivity contribution in [2.24, 2.45) is 0 Å². The van der Waals surface area contributed by atoms with Gasteiger partial charge in [-0.25, -0.2) is 28.7 Å². The third-order valence-corrected chi connectivity index (χ3v) is 17.1. The highest BCUT2D eigenvalue weighted by Gasteiger charge is 2.24. The summed E-state index contributed by atoms with van der Waals surface area (Å²) in [6.45, 7) is 9.71. The Balaban J connectivity index is 0.000000115. The number of hydrogen-bond acceptors (Lipinski definition) is 16. The van der Waals surface area contributed by atoms with Crippen LogP contribution in [0.1, 0.15) is 0 Å². The fraction of sp³-hybridized carbons (Fsp3) is 0.217. The Labute approximate surface area is 480 Å². The zero-order chi connectivity index (χ0) is 55.5. The van der Waals surface area contributed by atoms with Crippen molar-refractivity contribution >= 4 is 84.2 Å². The minimum absolute atomic E-state index is 0.261. The summed E-state index contributed by atoms with van der Waals surface area (Å²) in [5.41, 5.74) is 14.2. The molecule has 2 aromatic carbocycles. The number of morpholine rings is 2. The number of nitrogens with one attached hydrogen (secondary N) is 3. The monoisotopic (exact) mass is 1150 g/mol. The number of nitrogens with zero attached hydrogens (tertiary/aromatic N) is 11. The van der Waals surface area contributed by atoms with E-state index < -0.39 is 5.95 Å². The average Bonchev–Trinajstić information content (AvgIpc) is 4.50. The smallest absolute Gasteiger partial charge is 0.222 e. The molecule has 414 valence electrons. The Morgan fingerprint density at radius 2 is 0.817 bits per heavy atom. The van der Waals surface area contributed by atoms with E-state index in [1.165, 1.54) is 6.07 Å². The predicted molar refractivity (Wildman–Crippen MR) is 321 cm³/mol. The molecule has 0 saturated carbocycles. The number of piperazine rings is 1. The molecule has 0 unspecified atom stereocenters. The molecular weight excluding hydrogens is 1100 g/mol. The van der Waals surface area contributed by atoms with Crippen molar-refractivity contribution in [3.8, 4) is 67.2 Å². The van der Waals surface area contributed by atoms with Crippen LogP contribution in [0, 0.1) is 17.6 Å². The first-order chi connectivity index (χ1) is 40.3. The summed E-state index contributed by atoms with van der Waals surface area (Å²) in [6.07, 6.45) is 6.77. The molecule has 3 aliphatic heterocycles. The number of rotatable bonds is 9. The van der Waals surface area contributed by atoms with Gasteiger partial charge in [0.15, 0.2) is 16.9 Å². The number of aromatic amines is 3. The summed E-state index contributed by atoms with van der Waals surface area (Å²) < 4.78 is 55.2. The standard InChI is InChI=1S/C21H20FN5S.C20H17FN4OS.C19H16FN5OS/c1-26-7-9-27(10-8-26)15-2-3-18(22)17(12-15)20-19-16(14-5-11-28-13-14)4-6-23-21(19)25-24-20;21-17-2-1-14(25-6-8-26-9-7-25)11-16(17)19-18-15(13-4-10-27-12-13)3-5-22-20(18)24-23-19;20-18-15(9-13(10-22-18)25-4-6-26-7-5-25)17-16-14(12-2-8-27-11-12)1-3-21-19(16)24-23-17/h2-6,11-13H,7-10H2,1H3,(H,23,24,25);1-5,10-12H,6-9H2,(H,22,23,24);1-3,8-11H,4-7H2,(H,21,23,24). The molecule has 0 amide bonds. The van der Waals surface area contributed by atoms with Crippen LogP contribution in [0.25, 0.3) is 100 Å². The predicted octanol–water partition coefficient (Wildman–Crippen LogP) is 12.3. The Morgan fingerprint density at radius 1 is 0.427 bits per heavy atom. The summed E-state index contributed by atoms with van der Waals surface area (Å²) in [7, 11) is 2.13. The molecule has 16 nitrogen and oxygen atoms in total. The van der Waals surface area contributed by atoms with Crippen LogP contribution >= 0.6 is 34.0 Å². The minimum Gasteiger partial charge on any atom is -0.378 e. The minimum atomic E-state index is -0.530. The first kappa shape index (κ1) is 53.0. The molecule has 0 aliphatic carbocycles. The van der Waals surface area contributed by atoms with Gasteiger partial charge in [0.25, 0.3) is 0 Å². The zero-order valence-corrected chi connectivity index (χ0v) is 46.8. The van der Waals surface area contributed by atoms with Gasteiger partial charge in [0.05, 0.1) is 77.1 Å². The summed E-state index contributed by atoms with van der Waals surface area (Å²) in [4.78, 5) is 26.0. The maximum absolute atomic E-state index is 14.9. The number of ether oxygens (including phenoxy) is 2. The van der Waals surface area contributed by atoms with E-state index in [1.54, 1.807) is 64.9 Å². The van der Waals surface area contributed by atoms with Crippen molar-refractivity contribution < 1.29 is 22.6 Å². The van der Waals surface area contributed by atoms with Gasteiger partial charge in [-0.05, 0) is 152 Å². The molecule has 0 radical (unpaired) electrons. The zero-order valence-electron chi connectivity index (χ0n) is 44.4. The SMILES string of the molecule is CN1CCN(c2ccc(F)c(-c3[nH]nc4nccc(-c5ccsc5)c34)c2)CC1.Fc1ccc(N2CCOCC2)cc1-c1[nH]nc2nccc(-c3ccsc3)c12.Fc1ncc(N2CCOCC2)cc1-c1[nH]nc2nccc(-c3ccsc3)c12. The van der Waals surface area contributed by atoms with Gasteiger partial charge in [-0.15, -0.1) is 0 Å². The quantitative estimate of drug-likeness (QED) is 0.117. The normalized spacial score (nSPS) is 15.0. The number of likely N-dealkylation sites (N-methyl/N-ethyl adjacent to an activating group) is 1. The van der Waals surface area contributed by atoms with E-state index in [1.807, 2.05) is 70.7 Å². The van der Waals surface area contributed by atoms with Crippen LogP contribution in [0.2, 0.25) is 0 Å². The van der Waals surface area contributed by atoms with Crippen molar-refractivity contribution in [3.63, 3.8) is 0 Å². The van der Waals surface area contributed by atoms with E-state index in [-0.39, 0.29) is 11.6 Å². The first-order valence-corrected chi connectivity index (χ1v) is 29.6. The molecule has 0 spiro atoms. The average molecular weight is 1160 g/mol. The highest BCUT2D eigenvalue weighted by molar-refractivity contribution is 7.08. The summed E-state index contributed by atoms with van der Waals surface area (Å²) in [5.74, 6) is -1.07. The molecular formula is C60H53F3N14O2S3. The number of anilines is 3. The Morgan fingerprint density at radius 3 is 1.23 bits per heavy atom. The molecule has 15 rings (SSSR count). The van der Waals surface area contributed by atoms with E-state index in [2.05, 4.69) is 105 Å². The number of thiophene rings is 3. The maximum Gasteiger partial charge on any atom is 0.222 e. The van der Waals surface area contributed by atoms with E-state index in [0.29, 0.717) is 77.1 Å². The lowest BCUT2D eigenvalue weighted by Crippen LogP contribution is -2.44. The topological polar surface area (TPSA) is 169 Å². The second-order valence-electron chi connectivity index (χ2n) is 19.9. The van der Waals surface area contributed by atoms with Gasteiger partial charge in [0, 0.05) is 93.5 Å². The van der Waals surface area contributed by atoms with Gasteiger partial charge in [-0.1, -0.05) is 0 Å². The fourth-order valence-electron chi connectivity index (χ4n) is 10.7. The maximum atomic E-state index is 14.9. The molecule has 3 saturated heterocycles. The lowest BCUT2D eigenvalue weighted by atomic mass is 10.0. The van der Waals surface area contributed by atoms with Crippen molar-refractivity contribution in [1.29, 1.82) is 0 Å². The van der Waals surface area contributed by atoms with Gasteiger partial charge in [0.2, 0.25) is 5.95 Å².